The Balaban J connectivity index is 1.60. The van der Waals surface area contributed by atoms with E-state index in [1.54, 1.807) is 30.9 Å². The van der Waals surface area contributed by atoms with Gasteiger partial charge in [-0.1, -0.05) is 30.3 Å². The number of piperazine rings is 1. The van der Waals surface area contributed by atoms with Crippen LogP contribution >= 0.6 is 0 Å². The molecule has 0 bridgehead atoms. The fraction of sp³-hybridized carbons (Fsp3) is 0.280. The first kappa shape index (κ1) is 23.8. The minimum Gasteiger partial charge on any atom is -0.462 e. The van der Waals surface area contributed by atoms with Gasteiger partial charge in [-0.3, -0.25) is 14.9 Å². The van der Waals surface area contributed by atoms with Crippen molar-refractivity contribution in [1.29, 1.82) is 0 Å². The summed E-state index contributed by atoms with van der Waals surface area (Å²) in [7, 11) is 0. The molecule has 1 saturated heterocycles. The van der Waals surface area contributed by atoms with Crippen LogP contribution in [0.3, 0.4) is 0 Å². The molecule has 0 saturated carbocycles. The van der Waals surface area contributed by atoms with E-state index < -0.39 is 10.9 Å². The molecule has 0 atom stereocenters. The molecule has 10 heteroatoms. The van der Waals surface area contributed by atoms with E-state index in [2.05, 4.69) is 14.9 Å². The number of nitro groups is 1. The molecule has 1 aromatic heterocycles. The van der Waals surface area contributed by atoms with Crippen LogP contribution in [0.15, 0.2) is 54.6 Å². The summed E-state index contributed by atoms with van der Waals surface area (Å²) in [6.07, 6.45) is 0. The van der Waals surface area contributed by atoms with Crippen LogP contribution in [-0.4, -0.2) is 64.5 Å². The quantitative estimate of drug-likeness (QED) is 0.302. The summed E-state index contributed by atoms with van der Waals surface area (Å²) in [4.78, 5) is 49.5. The molecule has 0 radical (unpaired) electrons. The van der Waals surface area contributed by atoms with Crippen LogP contribution in [0.25, 0.3) is 11.3 Å². The molecule has 1 fully saturated rings. The van der Waals surface area contributed by atoms with Gasteiger partial charge < -0.3 is 14.5 Å². The summed E-state index contributed by atoms with van der Waals surface area (Å²) < 4.78 is 5.26. The van der Waals surface area contributed by atoms with E-state index in [1.165, 1.54) is 12.1 Å². The van der Waals surface area contributed by atoms with Gasteiger partial charge >= 0.3 is 5.97 Å². The molecule has 1 aliphatic rings. The van der Waals surface area contributed by atoms with Crippen molar-refractivity contribution in [2.45, 2.75) is 13.8 Å². The van der Waals surface area contributed by atoms with E-state index in [1.807, 2.05) is 30.3 Å². The smallest absolute Gasteiger partial charge is 0.342 e. The molecule has 2 aromatic carbocycles. The van der Waals surface area contributed by atoms with Crippen LogP contribution in [0, 0.1) is 17.0 Å². The molecule has 1 aliphatic heterocycles. The number of esters is 1. The fourth-order valence-electron chi connectivity index (χ4n) is 4.03. The number of rotatable bonds is 6. The van der Waals surface area contributed by atoms with Crippen LogP contribution < -0.4 is 4.90 Å². The molecule has 1 amide bonds. The molecule has 2 heterocycles. The SMILES string of the molecule is CCOC(=O)c1c(C(=O)N2CCN(c3ccc([N+](=O)[O-])cc3)CC2)nc(C)nc1-c1ccccc1. The lowest BCUT2D eigenvalue weighted by molar-refractivity contribution is -0.384. The van der Waals surface area contributed by atoms with Crippen molar-refractivity contribution in [1.82, 2.24) is 14.9 Å². The van der Waals surface area contributed by atoms with Gasteiger partial charge in [-0.2, -0.15) is 0 Å². The summed E-state index contributed by atoms with van der Waals surface area (Å²) in [5.74, 6) is -0.622. The Bertz CT molecular complexity index is 1240. The molecule has 0 spiro atoms. The van der Waals surface area contributed by atoms with E-state index in [0.717, 1.165) is 5.69 Å². The van der Waals surface area contributed by atoms with Crippen molar-refractivity contribution >= 4 is 23.3 Å². The van der Waals surface area contributed by atoms with Crippen LogP contribution in [0.1, 0.15) is 33.6 Å². The Morgan fingerprint density at radius 1 is 1.00 bits per heavy atom. The lowest BCUT2D eigenvalue weighted by Crippen LogP contribution is -2.49. The molecule has 35 heavy (non-hydrogen) atoms. The van der Waals surface area contributed by atoms with Gasteiger partial charge in [-0.05, 0) is 26.0 Å². The molecular weight excluding hydrogens is 450 g/mol. The summed E-state index contributed by atoms with van der Waals surface area (Å²) in [5, 5.41) is 10.9. The number of nitro benzene ring substituents is 1. The summed E-state index contributed by atoms with van der Waals surface area (Å²) in [6, 6.07) is 15.5. The zero-order valence-corrected chi connectivity index (χ0v) is 19.5. The fourth-order valence-corrected chi connectivity index (χ4v) is 4.03. The Kier molecular flexibility index (Phi) is 7.00. The normalized spacial score (nSPS) is 13.4. The second kappa shape index (κ2) is 10.3. The van der Waals surface area contributed by atoms with Crippen molar-refractivity contribution in [2.24, 2.45) is 0 Å². The predicted molar refractivity (Wildman–Crippen MR) is 129 cm³/mol. The summed E-state index contributed by atoms with van der Waals surface area (Å²) in [5.41, 5.74) is 2.02. The van der Waals surface area contributed by atoms with Crippen LogP contribution in [0.4, 0.5) is 11.4 Å². The third-order valence-corrected chi connectivity index (χ3v) is 5.74. The van der Waals surface area contributed by atoms with E-state index in [-0.39, 0.29) is 29.5 Å². The van der Waals surface area contributed by atoms with Gasteiger partial charge in [0.05, 0.1) is 17.2 Å². The third-order valence-electron chi connectivity index (χ3n) is 5.74. The van der Waals surface area contributed by atoms with E-state index in [0.29, 0.717) is 43.3 Å². The lowest BCUT2D eigenvalue weighted by atomic mass is 10.0. The summed E-state index contributed by atoms with van der Waals surface area (Å²) >= 11 is 0. The Morgan fingerprint density at radius 2 is 1.66 bits per heavy atom. The Morgan fingerprint density at radius 3 is 2.26 bits per heavy atom. The zero-order valence-electron chi connectivity index (χ0n) is 19.5. The molecule has 0 N–H and O–H groups in total. The first-order valence-corrected chi connectivity index (χ1v) is 11.3. The summed E-state index contributed by atoms with van der Waals surface area (Å²) in [6.45, 7) is 5.42. The zero-order chi connectivity index (χ0) is 24.9. The van der Waals surface area contributed by atoms with Gasteiger partial charge in [-0.25, -0.2) is 14.8 Å². The van der Waals surface area contributed by atoms with Crippen molar-refractivity contribution in [3.63, 3.8) is 0 Å². The monoisotopic (exact) mass is 475 g/mol. The highest BCUT2D eigenvalue weighted by atomic mass is 16.6. The maximum absolute atomic E-state index is 13.6. The third kappa shape index (κ3) is 5.11. The highest BCUT2D eigenvalue weighted by Gasteiger charge is 2.31. The Hall–Kier alpha value is -4.34. The molecule has 0 unspecified atom stereocenters. The van der Waals surface area contributed by atoms with E-state index in [4.69, 9.17) is 4.74 Å². The number of anilines is 1. The highest BCUT2D eigenvalue weighted by Crippen LogP contribution is 2.27. The average molecular weight is 476 g/mol. The maximum atomic E-state index is 13.6. The van der Waals surface area contributed by atoms with Gasteiger partial charge in [0.1, 0.15) is 17.1 Å². The van der Waals surface area contributed by atoms with Crippen molar-refractivity contribution in [3.05, 3.63) is 81.8 Å². The first-order chi connectivity index (χ1) is 16.9. The standard InChI is InChI=1S/C25H25N5O5/c1-3-35-25(32)21-22(18-7-5-4-6-8-18)26-17(2)27-23(21)24(31)29-15-13-28(14-16-29)19-9-11-20(12-10-19)30(33)34/h4-12H,3,13-16H2,1-2H3. The number of carbonyl (C=O) groups excluding carboxylic acids is 2. The highest BCUT2D eigenvalue weighted by molar-refractivity contribution is 6.07. The van der Waals surface area contributed by atoms with Gasteiger partial charge in [-0.15, -0.1) is 0 Å². The maximum Gasteiger partial charge on any atom is 0.342 e. The van der Waals surface area contributed by atoms with Crippen molar-refractivity contribution < 1.29 is 19.2 Å². The number of hydrogen-bond donors (Lipinski definition) is 0. The topological polar surface area (TPSA) is 119 Å². The van der Waals surface area contributed by atoms with Gasteiger partial charge in [0.25, 0.3) is 11.6 Å². The molecule has 4 rings (SSSR count). The molecule has 10 nitrogen and oxygen atoms in total. The number of carbonyl (C=O) groups is 2. The van der Waals surface area contributed by atoms with Gasteiger partial charge in [0, 0.05) is 49.6 Å². The minimum atomic E-state index is -0.640. The van der Waals surface area contributed by atoms with Gasteiger partial charge in [0.2, 0.25) is 0 Å². The molecule has 180 valence electrons. The van der Waals surface area contributed by atoms with E-state index >= 15 is 0 Å². The number of hydrogen-bond acceptors (Lipinski definition) is 8. The minimum absolute atomic E-state index is 0.0265. The van der Waals surface area contributed by atoms with Crippen molar-refractivity contribution in [3.8, 4) is 11.3 Å². The number of aryl methyl sites for hydroxylation is 1. The number of benzene rings is 2. The number of ether oxygens (including phenoxy) is 1. The van der Waals surface area contributed by atoms with Crippen LogP contribution in [0.2, 0.25) is 0 Å². The number of non-ortho nitro benzene ring substituents is 1. The number of nitrogens with zero attached hydrogens (tertiary/aromatic N) is 5. The van der Waals surface area contributed by atoms with Crippen LogP contribution in [0.5, 0.6) is 0 Å². The van der Waals surface area contributed by atoms with Crippen LogP contribution in [-0.2, 0) is 4.74 Å². The predicted octanol–water partition coefficient (Wildman–Crippen LogP) is 3.50. The largest absolute Gasteiger partial charge is 0.462 e. The lowest BCUT2D eigenvalue weighted by Gasteiger charge is -2.36. The number of amides is 1. The molecule has 3 aromatic rings. The molecule has 0 aliphatic carbocycles. The average Bonchev–Trinajstić information content (AvgIpc) is 2.88. The van der Waals surface area contributed by atoms with Gasteiger partial charge in [0.15, 0.2) is 0 Å². The first-order valence-electron chi connectivity index (χ1n) is 11.3. The second-order valence-corrected chi connectivity index (χ2v) is 7.98. The molecular formula is C25H25N5O5. The Labute approximate surface area is 202 Å². The number of aromatic nitrogens is 2. The van der Waals surface area contributed by atoms with Crippen molar-refractivity contribution in [2.75, 3.05) is 37.7 Å². The second-order valence-electron chi connectivity index (χ2n) is 7.98. The van der Waals surface area contributed by atoms with E-state index in [9.17, 15) is 19.7 Å².